The Hall–Kier alpha value is -3.81. The van der Waals surface area contributed by atoms with Gasteiger partial charge in [0, 0.05) is 60.0 Å². The average Bonchev–Trinajstić information content (AvgIpc) is 3.36. The number of H-pyrrole nitrogens is 1. The molecule has 0 unspecified atom stereocenters. The molecule has 7 nitrogen and oxygen atoms in total. The van der Waals surface area contributed by atoms with Gasteiger partial charge in [0.25, 0.3) is 5.91 Å². The number of ether oxygens (including phenoxy) is 2. The number of carbonyl (C=O) groups is 2. The summed E-state index contributed by atoms with van der Waals surface area (Å²) >= 11 is 6.12. The lowest BCUT2D eigenvalue weighted by atomic mass is 10.1. The third-order valence-electron chi connectivity index (χ3n) is 6.48. The van der Waals surface area contributed by atoms with Crippen molar-refractivity contribution in [2.24, 2.45) is 0 Å². The van der Waals surface area contributed by atoms with Crippen molar-refractivity contribution in [2.45, 2.75) is 13.0 Å². The van der Waals surface area contributed by atoms with E-state index in [4.69, 9.17) is 21.1 Å². The van der Waals surface area contributed by atoms with E-state index in [1.54, 1.807) is 43.4 Å². The molecule has 0 radical (unpaired) electrons. The van der Waals surface area contributed by atoms with Gasteiger partial charge in [-0.15, -0.1) is 0 Å². The molecule has 0 spiro atoms. The Morgan fingerprint density at radius 3 is 2.47 bits per heavy atom. The SMILES string of the molecule is COCCN(CC(=O)N(CCc1c[nH]c2ccccc12)Cc1ccccc1OC)C(=O)c1cccc(Cl)c1. The number of rotatable bonds is 12. The van der Waals surface area contributed by atoms with Crippen LogP contribution in [-0.2, 0) is 22.5 Å². The molecule has 8 heteroatoms. The molecular formula is C30H32ClN3O4. The third kappa shape index (κ3) is 6.73. The molecule has 4 rings (SSSR count). The Morgan fingerprint density at radius 1 is 0.895 bits per heavy atom. The van der Waals surface area contributed by atoms with Gasteiger partial charge in [-0.25, -0.2) is 0 Å². The molecule has 4 aromatic rings. The van der Waals surface area contributed by atoms with Crippen molar-refractivity contribution in [1.82, 2.24) is 14.8 Å². The van der Waals surface area contributed by atoms with E-state index in [9.17, 15) is 9.59 Å². The van der Waals surface area contributed by atoms with Crippen LogP contribution in [0.4, 0.5) is 0 Å². The van der Waals surface area contributed by atoms with E-state index in [2.05, 4.69) is 11.1 Å². The maximum Gasteiger partial charge on any atom is 0.254 e. The van der Waals surface area contributed by atoms with Crippen LogP contribution in [-0.4, -0.2) is 67.1 Å². The summed E-state index contributed by atoms with van der Waals surface area (Å²) in [5, 5.41) is 1.60. The molecule has 38 heavy (non-hydrogen) atoms. The molecule has 0 saturated carbocycles. The van der Waals surface area contributed by atoms with Crippen LogP contribution in [0.3, 0.4) is 0 Å². The first-order chi connectivity index (χ1) is 18.5. The summed E-state index contributed by atoms with van der Waals surface area (Å²) in [6, 6.07) is 22.5. The van der Waals surface area contributed by atoms with Crippen LogP contribution in [0.15, 0.2) is 79.0 Å². The monoisotopic (exact) mass is 533 g/mol. The fourth-order valence-electron chi connectivity index (χ4n) is 4.45. The largest absolute Gasteiger partial charge is 0.496 e. The number of benzene rings is 3. The Bertz CT molecular complexity index is 1390. The predicted octanol–water partition coefficient (Wildman–Crippen LogP) is 5.19. The van der Waals surface area contributed by atoms with Crippen molar-refractivity contribution in [2.75, 3.05) is 40.5 Å². The lowest BCUT2D eigenvalue weighted by molar-refractivity contribution is -0.132. The van der Waals surface area contributed by atoms with Crippen molar-refractivity contribution in [1.29, 1.82) is 0 Å². The number of methoxy groups -OCH3 is 2. The van der Waals surface area contributed by atoms with E-state index < -0.39 is 0 Å². The van der Waals surface area contributed by atoms with Crippen molar-refractivity contribution in [3.8, 4) is 5.75 Å². The summed E-state index contributed by atoms with van der Waals surface area (Å²) in [5.74, 6) is 0.276. The first-order valence-corrected chi connectivity index (χ1v) is 12.9. The second kappa shape index (κ2) is 13.1. The topological polar surface area (TPSA) is 74.9 Å². The van der Waals surface area contributed by atoms with Crippen LogP contribution < -0.4 is 4.74 Å². The zero-order valence-electron chi connectivity index (χ0n) is 21.7. The van der Waals surface area contributed by atoms with Gasteiger partial charge in [-0.05, 0) is 42.3 Å². The quantitative estimate of drug-likeness (QED) is 0.272. The Labute approximate surface area is 227 Å². The number of fused-ring (bicyclic) bond motifs is 1. The van der Waals surface area contributed by atoms with Crippen LogP contribution >= 0.6 is 11.6 Å². The maximum atomic E-state index is 13.8. The zero-order chi connectivity index (χ0) is 26.9. The smallest absolute Gasteiger partial charge is 0.254 e. The number of carbonyl (C=O) groups excluding carboxylic acids is 2. The van der Waals surface area contributed by atoms with Crippen LogP contribution in [0.5, 0.6) is 5.75 Å². The van der Waals surface area contributed by atoms with Gasteiger partial charge in [-0.3, -0.25) is 9.59 Å². The molecule has 198 valence electrons. The molecule has 2 amide bonds. The Kier molecular flexibility index (Phi) is 9.40. The Balaban J connectivity index is 1.57. The average molecular weight is 534 g/mol. The summed E-state index contributed by atoms with van der Waals surface area (Å²) in [6.45, 7) is 1.33. The minimum Gasteiger partial charge on any atom is -0.496 e. The number of amides is 2. The highest BCUT2D eigenvalue weighted by Gasteiger charge is 2.23. The van der Waals surface area contributed by atoms with E-state index in [1.165, 1.54) is 4.90 Å². The molecule has 1 heterocycles. The molecule has 0 fully saturated rings. The molecule has 0 aliphatic rings. The van der Waals surface area contributed by atoms with Gasteiger partial charge in [-0.2, -0.15) is 0 Å². The highest BCUT2D eigenvalue weighted by atomic mass is 35.5. The summed E-state index contributed by atoms with van der Waals surface area (Å²) in [7, 11) is 3.19. The number of nitrogens with one attached hydrogen (secondary N) is 1. The van der Waals surface area contributed by atoms with Crippen molar-refractivity contribution in [3.05, 3.63) is 101 Å². The minimum atomic E-state index is -0.272. The zero-order valence-corrected chi connectivity index (χ0v) is 22.4. The molecule has 3 aromatic carbocycles. The lowest BCUT2D eigenvalue weighted by Gasteiger charge is -2.28. The van der Waals surface area contributed by atoms with Crippen LogP contribution in [0.25, 0.3) is 10.9 Å². The number of aromatic nitrogens is 1. The van der Waals surface area contributed by atoms with E-state index in [0.717, 1.165) is 22.0 Å². The molecule has 0 aliphatic heterocycles. The second-order valence-corrected chi connectivity index (χ2v) is 9.40. The Morgan fingerprint density at radius 2 is 1.68 bits per heavy atom. The second-order valence-electron chi connectivity index (χ2n) is 8.97. The number of hydrogen-bond donors (Lipinski definition) is 1. The van der Waals surface area contributed by atoms with Crippen LogP contribution in [0.2, 0.25) is 5.02 Å². The van der Waals surface area contributed by atoms with Crippen molar-refractivity contribution in [3.63, 3.8) is 0 Å². The van der Waals surface area contributed by atoms with E-state index >= 15 is 0 Å². The van der Waals surface area contributed by atoms with Crippen molar-refractivity contribution >= 4 is 34.3 Å². The first kappa shape index (κ1) is 27.2. The predicted molar refractivity (Wildman–Crippen MR) is 150 cm³/mol. The third-order valence-corrected chi connectivity index (χ3v) is 6.72. The summed E-state index contributed by atoms with van der Waals surface area (Å²) in [5.41, 5.74) is 3.51. The fraction of sp³-hybridized carbons (Fsp3) is 0.267. The van der Waals surface area contributed by atoms with Gasteiger partial charge in [0.15, 0.2) is 0 Å². The molecular weight excluding hydrogens is 502 g/mol. The van der Waals surface area contributed by atoms with Gasteiger partial charge in [0.2, 0.25) is 5.91 Å². The van der Waals surface area contributed by atoms with Gasteiger partial charge in [-0.1, -0.05) is 54.1 Å². The number of halogens is 1. The van der Waals surface area contributed by atoms with Crippen LogP contribution in [0.1, 0.15) is 21.5 Å². The molecule has 0 saturated heterocycles. The fourth-order valence-corrected chi connectivity index (χ4v) is 4.64. The van der Waals surface area contributed by atoms with Gasteiger partial charge < -0.3 is 24.3 Å². The highest BCUT2D eigenvalue weighted by Crippen LogP contribution is 2.22. The molecule has 1 N–H and O–H groups in total. The number of nitrogens with zero attached hydrogens (tertiary/aromatic N) is 2. The minimum absolute atomic E-state index is 0.0856. The van der Waals surface area contributed by atoms with Crippen molar-refractivity contribution < 1.29 is 19.1 Å². The van der Waals surface area contributed by atoms with E-state index in [1.807, 2.05) is 48.7 Å². The van der Waals surface area contributed by atoms with Gasteiger partial charge in [0.1, 0.15) is 12.3 Å². The van der Waals surface area contributed by atoms with Gasteiger partial charge >= 0.3 is 0 Å². The molecule has 1 aromatic heterocycles. The maximum absolute atomic E-state index is 13.8. The highest BCUT2D eigenvalue weighted by molar-refractivity contribution is 6.31. The van der Waals surface area contributed by atoms with E-state index in [-0.39, 0.29) is 24.9 Å². The number of para-hydroxylation sites is 2. The normalized spacial score (nSPS) is 10.9. The molecule has 0 aliphatic carbocycles. The van der Waals surface area contributed by atoms with Crippen LogP contribution in [0, 0.1) is 0 Å². The number of hydrogen-bond acceptors (Lipinski definition) is 4. The summed E-state index contributed by atoms with van der Waals surface area (Å²) < 4.78 is 10.8. The first-order valence-electron chi connectivity index (χ1n) is 12.5. The van der Waals surface area contributed by atoms with E-state index in [0.29, 0.717) is 42.5 Å². The van der Waals surface area contributed by atoms with Gasteiger partial charge in [0.05, 0.1) is 13.7 Å². The number of aromatic amines is 1. The summed E-state index contributed by atoms with van der Waals surface area (Å²) in [4.78, 5) is 33.7. The standard InChI is InChI=1S/C30H32ClN3O4/c1-37-17-16-34(30(36)22-9-7-10-25(31)18-22)21-29(35)33(20-24-8-3-6-13-28(24)38-2)15-14-23-19-32-27-12-5-4-11-26(23)27/h3-13,18-19,32H,14-17,20-21H2,1-2H3. The molecule has 0 bridgehead atoms. The summed E-state index contributed by atoms with van der Waals surface area (Å²) in [6.07, 6.45) is 2.65. The lowest BCUT2D eigenvalue weighted by Crippen LogP contribution is -2.44. The molecule has 0 atom stereocenters.